The van der Waals surface area contributed by atoms with E-state index in [1.165, 1.54) is 0 Å². The SMILES string of the molecule is O=C(Nc1ccccc1)NC1CCN(C(=O)Cc2ccc(NC(=O)c3cc4ccccc4o3)cc2)CC1. The first kappa shape index (κ1) is 24.1. The minimum Gasteiger partial charge on any atom is -0.451 e. The van der Waals surface area contributed by atoms with Gasteiger partial charge in [0.25, 0.3) is 5.91 Å². The summed E-state index contributed by atoms with van der Waals surface area (Å²) in [5.41, 5.74) is 2.90. The number of benzene rings is 3. The highest BCUT2D eigenvalue weighted by Gasteiger charge is 2.24. The van der Waals surface area contributed by atoms with E-state index in [4.69, 9.17) is 4.42 Å². The molecule has 0 unspecified atom stereocenters. The molecule has 0 spiro atoms. The summed E-state index contributed by atoms with van der Waals surface area (Å²) in [4.78, 5) is 39.4. The number of piperidine rings is 1. The second kappa shape index (κ2) is 11.0. The zero-order chi connectivity index (χ0) is 25.6. The van der Waals surface area contributed by atoms with Gasteiger partial charge < -0.3 is 25.3 Å². The standard InChI is InChI=1S/C29H28N4O4/c34-27(33-16-14-24(15-17-33)32-29(36)31-22-7-2-1-3-8-22)18-20-10-12-23(13-11-20)30-28(35)26-19-21-6-4-5-9-25(21)37-26/h1-13,19,24H,14-18H2,(H,30,35)(H2,31,32,36). The summed E-state index contributed by atoms with van der Waals surface area (Å²) >= 11 is 0. The molecule has 4 amide bonds. The van der Waals surface area contributed by atoms with E-state index >= 15 is 0 Å². The van der Waals surface area contributed by atoms with Crippen LogP contribution in [-0.2, 0) is 11.2 Å². The largest absolute Gasteiger partial charge is 0.451 e. The number of carbonyl (C=O) groups excluding carboxylic acids is 3. The number of hydrogen-bond acceptors (Lipinski definition) is 4. The van der Waals surface area contributed by atoms with Gasteiger partial charge in [-0.15, -0.1) is 0 Å². The summed E-state index contributed by atoms with van der Waals surface area (Å²) in [6.07, 6.45) is 1.70. The summed E-state index contributed by atoms with van der Waals surface area (Å²) in [5, 5.41) is 9.52. The maximum absolute atomic E-state index is 12.8. The minimum absolute atomic E-state index is 0.0300. The molecule has 0 radical (unpaired) electrons. The van der Waals surface area contributed by atoms with Crippen molar-refractivity contribution in [2.75, 3.05) is 23.7 Å². The van der Waals surface area contributed by atoms with Crippen LogP contribution in [0.15, 0.2) is 89.3 Å². The molecule has 1 fully saturated rings. The number of hydrogen-bond donors (Lipinski definition) is 3. The smallest absolute Gasteiger partial charge is 0.319 e. The topological polar surface area (TPSA) is 104 Å². The predicted octanol–water partition coefficient (Wildman–Crippen LogP) is 5.04. The second-order valence-electron chi connectivity index (χ2n) is 9.10. The van der Waals surface area contributed by atoms with Crippen molar-refractivity contribution in [1.82, 2.24) is 10.2 Å². The number of carbonyl (C=O) groups is 3. The monoisotopic (exact) mass is 496 g/mol. The van der Waals surface area contributed by atoms with E-state index in [1.807, 2.05) is 71.6 Å². The lowest BCUT2D eigenvalue weighted by atomic mass is 10.0. The van der Waals surface area contributed by atoms with E-state index < -0.39 is 0 Å². The second-order valence-corrected chi connectivity index (χ2v) is 9.10. The summed E-state index contributed by atoms with van der Waals surface area (Å²) in [7, 11) is 0. The Kier molecular flexibility index (Phi) is 7.16. The van der Waals surface area contributed by atoms with Crippen molar-refractivity contribution in [3.8, 4) is 0 Å². The third-order valence-corrected chi connectivity index (χ3v) is 6.43. The number of anilines is 2. The molecule has 5 rings (SSSR count). The first-order valence-electron chi connectivity index (χ1n) is 12.3. The molecule has 1 aromatic heterocycles. The van der Waals surface area contributed by atoms with Gasteiger partial charge in [0, 0.05) is 35.9 Å². The Labute approximate surface area is 214 Å². The van der Waals surface area contributed by atoms with Crippen LogP contribution in [0, 0.1) is 0 Å². The number of amides is 4. The molecule has 1 aliphatic heterocycles. The molecule has 8 heteroatoms. The minimum atomic E-state index is -0.325. The maximum Gasteiger partial charge on any atom is 0.319 e. The fourth-order valence-corrected chi connectivity index (χ4v) is 4.43. The van der Waals surface area contributed by atoms with Crippen LogP contribution in [0.25, 0.3) is 11.0 Å². The Hall–Kier alpha value is -4.59. The van der Waals surface area contributed by atoms with Crippen molar-refractivity contribution in [2.45, 2.75) is 25.3 Å². The molecule has 3 N–H and O–H groups in total. The molecule has 188 valence electrons. The number of rotatable bonds is 6. The molecule has 0 saturated carbocycles. The Morgan fingerprint density at radius 1 is 0.811 bits per heavy atom. The van der Waals surface area contributed by atoms with Gasteiger partial charge in [-0.2, -0.15) is 0 Å². The van der Waals surface area contributed by atoms with Gasteiger partial charge in [0.1, 0.15) is 5.58 Å². The first-order valence-corrected chi connectivity index (χ1v) is 12.3. The van der Waals surface area contributed by atoms with Gasteiger partial charge in [0.15, 0.2) is 5.76 Å². The summed E-state index contributed by atoms with van der Waals surface area (Å²) < 4.78 is 5.61. The Balaban J connectivity index is 1.07. The molecular formula is C29H28N4O4. The van der Waals surface area contributed by atoms with E-state index in [1.54, 1.807) is 18.2 Å². The number of likely N-dealkylation sites (tertiary alicyclic amines) is 1. The molecule has 1 aliphatic rings. The highest BCUT2D eigenvalue weighted by atomic mass is 16.3. The lowest BCUT2D eigenvalue weighted by molar-refractivity contribution is -0.131. The molecule has 0 bridgehead atoms. The molecule has 0 atom stereocenters. The summed E-state index contributed by atoms with van der Waals surface area (Å²) in [5.74, 6) is -0.0314. The Bertz CT molecular complexity index is 1360. The number of fused-ring (bicyclic) bond motifs is 1. The highest BCUT2D eigenvalue weighted by molar-refractivity contribution is 6.04. The molecule has 0 aliphatic carbocycles. The van der Waals surface area contributed by atoms with Crippen molar-refractivity contribution in [3.05, 3.63) is 96.3 Å². The van der Waals surface area contributed by atoms with Gasteiger partial charge in [-0.05, 0) is 54.8 Å². The van der Waals surface area contributed by atoms with E-state index in [-0.39, 0.29) is 36.1 Å². The van der Waals surface area contributed by atoms with Gasteiger partial charge >= 0.3 is 6.03 Å². The van der Waals surface area contributed by atoms with Crippen molar-refractivity contribution in [2.24, 2.45) is 0 Å². The number of urea groups is 1. The zero-order valence-electron chi connectivity index (χ0n) is 20.3. The zero-order valence-corrected chi connectivity index (χ0v) is 20.3. The molecule has 3 aromatic carbocycles. The van der Waals surface area contributed by atoms with Gasteiger partial charge in [-0.25, -0.2) is 4.79 Å². The Morgan fingerprint density at radius 3 is 2.22 bits per heavy atom. The third kappa shape index (κ3) is 6.16. The quantitative estimate of drug-likeness (QED) is 0.348. The normalized spacial score (nSPS) is 13.8. The van der Waals surface area contributed by atoms with Crippen molar-refractivity contribution < 1.29 is 18.8 Å². The fourth-order valence-electron chi connectivity index (χ4n) is 4.43. The average Bonchev–Trinajstić information content (AvgIpc) is 3.35. The van der Waals surface area contributed by atoms with Crippen LogP contribution in [0.2, 0.25) is 0 Å². The van der Waals surface area contributed by atoms with E-state index in [2.05, 4.69) is 16.0 Å². The lowest BCUT2D eigenvalue weighted by Crippen LogP contribution is -2.47. The third-order valence-electron chi connectivity index (χ3n) is 6.43. The van der Waals surface area contributed by atoms with Crippen LogP contribution >= 0.6 is 0 Å². The fraction of sp³-hybridized carbons (Fsp3) is 0.207. The highest BCUT2D eigenvalue weighted by Crippen LogP contribution is 2.20. The van der Waals surface area contributed by atoms with Crippen LogP contribution < -0.4 is 16.0 Å². The van der Waals surface area contributed by atoms with Crippen molar-refractivity contribution >= 4 is 40.2 Å². The molecule has 4 aromatic rings. The van der Waals surface area contributed by atoms with Gasteiger partial charge in [0.05, 0.1) is 6.42 Å². The number of furan rings is 1. The average molecular weight is 497 g/mol. The van der Waals surface area contributed by atoms with Crippen LogP contribution in [0.4, 0.5) is 16.2 Å². The van der Waals surface area contributed by atoms with Crippen molar-refractivity contribution in [3.63, 3.8) is 0 Å². The lowest BCUT2D eigenvalue weighted by Gasteiger charge is -2.32. The number of nitrogens with one attached hydrogen (secondary N) is 3. The van der Waals surface area contributed by atoms with E-state index in [0.717, 1.165) is 16.6 Å². The number of nitrogens with zero attached hydrogens (tertiary/aromatic N) is 1. The van der Waals surface area contributed by atoms with E-state index in [9.17, 15) is 14.4 Å². The molecule has 8 nitrogen and oxygen atoms in total. The summed E-state index contributed by atoms with van der Waals surface area (Å²) in [6, 6.07) is 25.5. The molecule has 2 heterocycles. The molecule has 1 saturated heterocycles. The van der Waals surface area contributed by atoms with Gasteiger partial charge in [-0.1, -0.05) is 48.5 Å². The summed E-state index contributed by atoms with van der Waals surface area (Å²) in [6.45, 7) is 1.20. The van der Waals surface area contributed by atoms with Crippen LogP contribution in [0.1, 0.15) is 29.0 Å². The molecule has 37 heavy (non-hydrogen) atoms. The molecular weight excluding hydrogens is 468 g/mol. The van der Waals surface area contributed by atoms with E-state index in [0.29, 0.717) is 37.2 Å². The van der Waals surface area contributed by atoms with Crippen LogP contribution in [0.5, 0.6) is 0 Å². The van der Waals surface area contributed by atoms with Crippen LogP contribution in [-0.4, -0.2) is 41.9 Å². The van der Waals surface area contributed by atoms with Gasteiger partial charge in [0.2, 0.25) is 5.91 Å². The van der Waals surface area contributed by atoms with Crippen molar-refractivity contribution in [1.29, 1.82) is 0 Å². The predicted molar refractivity (Wildman–Crippen MR) is 143 cm³/mol. The van der Waals surface area contributed by atoms with Gasteiger partial charge in [-0.3, -0.25) is 9.59 Å². The maximum atomic E-state index is 12.8. The number of para-hydroxylation sites is 2. The first-order chi connectivity index (χ1) is 18.0. The van der Waals surface area contributed by atoms with Crippen LogP contribution in [0.3, 0.4) is 0 Å². The Morgan fingerprint density at radius 2 is 1.49 bits per heavy atom.